The first-order chi connectivity index (χ1) is 20.3. The second-order valence-corrected chi connectivity index (χ2v) is 12.2. The minimum absolute atomic E-state index is 0.0386. The van der Waals surface area contributed by atoms with Crippen LogP contribution in [0.1, 0.15) is 69.4 Å². The number of hydrogen-bond donors (Lipinski definition) is 3. The molecule has 0 bridgehead atoms. The number of esters is 1. The molecule has 1 aromatic heterocycles. The van der Waals surface area contributed by atoms with Gasteiger partial charge in [-0.3, -0.25) is 14.4 Å². The maximum atomic E-state index is 13.7. The number of nitrogens with one attached hydrogen (secondary N) is 3. The summed E-state index contributed by atoms with van der Waals surface area (Å²) in [5.41, 5.74) is 2.35. The van der Waals surface area contributed by atoms with Gasteiger partial charge in [-0.15, -0.1) is 0 Å². The highest BCUT2D eigenvalue weighted by atomic mass is 16.6. The van der Waals surface area contributed by atoms with Crippen molar-refractivity contribution in [1.82, 2.24) is 10.3 Å². The van der Waals surface area contributed by atoms with Crippen molar-refractivity contribution in [2.24, 2.45) is 11.8 Å². The Hall–Kier alpha value is -4.65. The molecule has 0 unspecified atom stereocenters. The van der Waals surface area contributed by atoms with E-state index in [9.17, 15) is 24.4 Å². The number of rotatable bonds is 8. The first kappa shape index (κ1) is 31.3. The number of anilines is 2. The molecule has 1 fully saturated rings. The molecule has 4 rings (SSSR count). The monoisotopic (exact) mass is 585 g/mol. The molecular formula is C33H39N5O5. The van der Waals surface area contributed by atoms with Gasteiger partial charge in [-0.25, -0.2) is 4.79 Å². The quantitative estimate of drug-likeness (QED) is 0.314. The van der Waals surface area contributed by atoms with Crippen molar-refractivity contribution in [2.45, 2.75) is 71.4 Å². The van der Waals surface area contributed by atoms with E-state index in [0.29, 0.717) is 53.7 Å². The molecule has 1 atom stereocenters. The number of H-pyrrole nitrogens is 1. The smallest absolute Gasteiger partial charge is 0.355 e. The molecular weight excluding hydrogens is 546 g/mol. The molecule has 43 heavy (non-hydrogen) atoms. The molecule has 0 saturated heterocycles. The van der Waals surface area contributed by atoms with Crippen LogP contribution in [0.4, 0.5) is 11.4 Å². The number of fused-ring (bicyclic) bond motifs is 1. The van der Waals surface area contributed by atoms with Gasteiger partial charge in [-0.05, 0) is 88.4 Å². The summed E-state index contributed by atoms with van der Waals surface area (Å²) in [7, 11) is 1.68. The van der Waals surface area contributed by atoms with E-state index in [-0.39, 0.29) is 30.1 Å². The number of benzene rings is 2. The Bertz CT molecular complexity index is 1560. The number of aromatic nitrogens is 1. The van der Waals surface area contributed by atoms with Crippen LogP contribution in [0.2, 0.25) is 0 Å². The van der Waals surface area contributed by atoms with Crippen LogP contribution in [0.5, 0.6) is 0 Å². The molecule has 1 aliphatic carbocycles. The van der Waals surface area contributed by atoms with E-state index in [1.807, 2.05) is 24.3 Å². The number of aromatic amines is 1. The average molecular weight is 586 g/mol. The van der Waals surface area contributed by atoms with Crippen molar-refractivity contribution < 1.29 is 23.9 Å². The Labute approximate surface area is 251 Å². The van der Waals surface area contributed by atoms with E-state index in [1.54, 1.807) is 52.1 Å². The number of carbonyl (C=O) groups is 4. The van der Waals surface area contributed by atoms with E-state index >= 15 is 0 Å². The van der Waals surface area contributed by atoms with Gasteiger partial charge in [0.25, 0.3) is 0 Å². The lowest BCUT2D eigenvalue weighted by atomic mass is 9.82. The molecule has 2 aromatic carbocycles. The lowest BCUT2D eigenvalue weighted by molar-refractivity contribution is -0.130. The highest BCUT2D eigenvalue weighted by Gasteiger charge is 2.30. The molecule has 3 N–H and O–H groups in total. The Kier molecular flexibility index (Phi) is 9.54. The Morgan fingerprint density at radius 3 is 2.44 bits per heavy atom. The molecule has 0 radical (unpaired) electrons. The van der Waals surface area contributed by atoms with Gasteiger partial charge in [0.2, 0.25) is 17.7 Å². The molecule has 1 aliphatic rings. The number of nitrogens with zero attached hydrogens (tertiary/aromatic N) is 2. The van der Waals surface area contributed by atoms with Crippen molar-refractivity contribution >= 4 is 46.0 Å². The van der Waals surface area contributed by atoms with Crippen LogP contribution in [0.3, 0.4) is 0 Å². The van der Waals surface area contributed by atoms with Crippen LogP contribution in [-0.2, 0) is 25.5 Å². The summed E-state index contributed by atoms with van der Waals surface area (Å²) in [6.45, 7) is 6.87. The molecule has 10 nitrogen and oxygen atoms in total. The van der Waals surface area contributed by atoms with E-state index < -0.39 is 23.5 Å². The van der Waals surface area contributed by atoms with E-state index in [1.165, 1.54) is 11.8 Å². The molecule has 1 heterocycles. The largest absolute Gasteiger partial charge is 0.455 e. The minimum Gasteiger partial charge on any atom is -0.455 e. The number of ether oxygens (including phenoxy) is 1. The summed E-state index contributed by atoms with van der Waals surface area (Å²) in [5.74, 6) is -1.51. The summed E-state index contributed by atoms with van der Waals surface area (Å²) in [5, 5.41) is 15.8. The van der Waals surface area contributed by atoms with Gasteiger partial charge >= 0.3 is 5.97 Å². The lowest BCUT2D eigenvalue weighted by Crippen LogP contribution is -2.47. The first-order valence-electron chi connectivity index (χ1n) is 14.5. The molecule has 10 heteroatoms. The van der Waals surface area contributed by atoms with E-state index in [4.69, 9.17) is 4.74 Å². The lowest BCUT2D eigenvalue weighted by Gasteiger charge is -2.26. The third-order valence-corrected chi connectivity index (χ3v) is 7.63. The fraction of sp³-hybridized carbons (Fsp3) is 0.424. The molecule has 0 spiro atoms. The predicted molar refractivity (Wildman–Crippen MR) is 164 cm³/mol. The van der Waals surface area contributed by atoms with Gasteiger partial charge < -0.3 is 25.3 Å². The predicted octanol–water partition coefficient (Wildman–Crippen LogP) is 5.10. The Morgan fingerprint density at radius 1 is 1.07 bits per heavy atom. The molecule has 226 valence electrons. The van der Waals surface area contributed by atoms with Crippen LogP contribution in [-0.4, -0.2) is 47.4 Å². The van der Waals surface area contributed by atoms with Crippen molar-refractivity contribution in [2.75, 3.05) is 17.3 Å². The zero-order chi connectivity index (χ0) is 31.3. The molecule has 3 amide bonds. The highest BCUT2D eigenvalue weighted by molar-refractivity contribution is 6.00. The number of nitriles is 1. The standard InChI is InChI=1S/C33H39N5O5/c1-20(39)38(5)26-8-6-7-22(15-26)16-28(37-30(40)23-11-9-21(19-34)10-12-23)31(41)35-25-13-14-27-24(17-25)18-29(36-27)32(42)43-33(2,3)4/h6-8,13-15,17-18,21,23,28,36H,9-12,16H2,1-5H3,(H,35,41)(H,37,40)/t21?,23?,28-/m0/s1. The van der Waals surface area contributed by atoms with Crippen molar-refractivity contribution in [3.63, 3.8) is 0 Å². The van der Waals surface area contributed by atoms with E-state index in [0.717, 1.165) is 5.56 Å². The Balaban J connectivity index is 1.54. The first-order valence-corrected chi connectivity index (χ1v) is 14.5. The zero-order valence-electron chi connectivity index (χ0n) is 25.3. The average Bonchev–Trinajstić information content (AvgIpc) is 3.39. The third-order valence-electron chi connectivity index (χ3n) is 7.63. The topological polar surface area (TPSA) is 144 Å². The van der Waals surface area contributed by atoms with Crippen LogP contribution < -0.4 is 15.5 Å². The summed E-state index contributed by atoms with van der Waals surface area (Å²) in [6.07, 6.45) is 2.72. The van der Waals surface area contributed by atoms with Gasteiger partial charge in [0.15, 0.2) is 0 Å². The van der Waals surface area contributed by atoms with Gasteiger partial charge in [0.1, 0.15) is 17.3 Å². The second-order valence-electron chi connectivity index (χ2n) is 12.2. The maximum Gasteiger partial charge on any atom is 0.355 e. The fourth-order valence-corrected chi connectivity index (χ4v) is 5.18. The SMILES string of the molecule is CC(=O)N(C)c1cccc(C[C@H](NC(=O)C2CCC(C#N)CC2)C(=O)Nc2ccc3[nH]c(C(=O)OC(C)(C)C)cc3c2)c1. The number of amides is 3. The fourth-order valence-electron chi connectivity index (χ4n) is 5.18. The van der Waals surface area contributed by atoms with Crippen molar-refractivity contribution in [3.8, 4) is 6.07 Å². The van der Waals surface area contributed by atoms with Crippen molar-refractivity contribution in [1.29, 1.82) is 5.26 Å². The Morgan fingerprint density at radius 2 is 1.79 bits per heavy atom. The minimum atomic E-state index is -0.890. The van der Waals surface area contributed by atoms with Gasteiger partial charge in [0, 0.05) is 54.5 Å². The normalized spacial score (nSPS) is 17.4. The van der Waals surface area contributed by atoms with Gasteiger partial charge in [-0.2, -0.15) is 5.26 Å². The summed E-state index contributed by atoms with van der Waals surface area (Å²) < 4.78 is 5.45. The number of hydrogen-bond acceptors (Lipinski definition) is 6. The van der Waals surface area contributed by atoms with Crippen LogP contribution in [0.25, 0.3) is 10.9 Å². The zero-order valence-corrected chi connectivity index (χ0v) is 25.3. The van der Waals surface area contributed by atoms with Gasteiger partial charge in [-0.1, -0.05) is 12.1 Å². The summed E-state index contributed by atoms with van der Waals surface area (Å²) in [4.78, 5) is 55.9. The maximum absolute atomic E-state index is 13.7. The van der Waals surface area contributed by atoms with Crippen molar-refractivity contribution in [3.05, 3.63) is 59.8 Å². The highest BCUT2D eigenvalue weighted by Crippen LogP contribution is 2.29. The summed E-state index contributed by atoms with van der Waals surface area (Å²) >= 11 is 0. The van der Waals surface area contributed by atoms with E-state index in [2.05, 4.69) is 21.7 Å². The second kappa shape index (κ2) is 13.1. The van der Waals surface area contributed by atoms with Gasteiger partial charge in [0.05, 0.1) is 6.07 Å². The van der Waals surface area contributed by atoms with Crippen LogP contribution in [0.15, 0.2) is 48.5 Å². The molecule has 0 aliphatic heterocycles. The number of carbonyl (C=O) groups excluding carboxylic acids is 4. The molecule has 3 aromatic rings. The van der Waals surface area contributed by atoms with Crippen LogP contribution >= 0.6 is 0 Å². The summed E-state index contributed by atoms with van der Waals surface area (Å²) in [6, 6.07) is 15.6. The van der Waals surface area contributed by atoms with Crippen LogP contribution in [0, 0.1) is 23.2 Å². The third kappa shape index (κ3) is 8.22. The molecule has 1 saturated carbocycles.